The molecule has 9 heteroatoms. The first-order chi connectivity index (χ1) is 10.0. The number of hydrogen-bond donors (Lipinski definition) is 1. The third kappa shape index (κ3) is 4.16. The van der Waals surface area contributed by atoms with Crippen LogP contribution in [0.3, 0.4) is 0 Å². The van der Waals surface area contributed by atoms with E-state index in [-0.39, 0.29) is 15.6 Å². The molecule has 0 unspecified atom stereocenters. The number of carbonyl (C=O) groups is 1. The third-order valence-corrected chi connectivity index (χ3v) is 4.78. The molecule has 0 fully saturated rings. The molecule has 2 rings (SSSR count). The SMILES string of the molecule is C=CCSc1nnc(NC(=O)c2cc(F)c(Cl)cc2Cl)s1. The molecule has 1 amide bonds. The molecule has 0 aliphatic heterocycles. The summed E-state index contributed by atoms with van der Waals surface area (Å²) in [5.41, 5.74) is -0.0194. The first-order valence-electron chi connectivity index (χ1n) is 5.54. The van der Waals surface area contributed by atoms with E-state index in [9.17, 15) is 9.18 Å². The van der Waals surface area contributed by atoms with E-state index in [4.69, 9.17) is 23.2 Å². The quantitative estimate of drug-likeness (QED) is 0.367. The number of hydrogen-bond acceptors (Lipinski definition) is 5. The largest absolute Gasteiger partial charge is 0.296 e. The molecule has 0 atom stereocenters. The molecular weight excluding hydrogens is 356 g/mol. The van der Waals surface area contributed by atoms with Crippen LogP contribution in [0.15, 0.2) is 29.1 Å². The van der Waals surface area contributed by atoms with Crippen molar-refractivity contribution >= 4 is 57.3 Å². The summed E-state index contributed by atoms with van der Waals surface area (Å²) in [5.74, 6) is -0.603. The van der Waals surface area contributed by atoms with Crippen LogP contribution in [0.25, 0.3) is 0 Å². The van der Waals surface area contributed by atoms with E-state index in [1.165, 1.54) is 29.2 Å². The predicted octanol–water partition coefficient (Wildman–Crippen LogP) is 4.51. The van der Waals surface area contributed by atoms with Gasteiger partial charge in [0.1, 0.15) is 5.82 Å². The van der Waals surface area contributed by atoms with Crippen molar-refractivity contribution in [3.8, 4) is 0 Å². The van der Waals surface area contributed by atoms with Crippen LogP contribution in [0, 0.1) is 5.82 Å². The van der Waals surface area contributed by atoms with E-state index in [0.29, 0.717) is 15.2 Å². The van der Waals surface area contributed by atoms with Crippen LogP contribution in [0.4, 0.5) is 9.52 Å². The first kappa shape index (κ1) is 16.2. The maximum Gasteiger partial charge on any atom is 0.259 e. The van der Waals surface area contributed by atoms with Gasteiger partial charge in [-0.05, 0) is 12.1 Å². The number of amides is 1. The summed E-state index contributed by atoms with van der Waals surface area (Å²) in [7, 11) is 0. The van der Waals surface area contributed by atoms with E-state index in [2.05, 4.69) is 22.1 Å². The molecule has 1 N–H and O–H groups in total. The highest BCUT2D eigenvalue weighted by Crippen LogP contribution is 2.28. The number of carbonyl (C=O) groups excluding carboxylic acids is 1. The summed E-state index contributed by atoms with van der Waals surface area (Å²) >= 11 is 14.1. The van der Waals surface area contributed by atoms with Gasteiger partial charge >= 0.3 is 0 Å². The molecule has 0 aliphatic carbocycles. The number of nitrogens with one attached hydrogen (secondary N) is 1. The Morgan fingerprint density at radius 3 is 2.90 bits per heavy atom. The number of rotatable bonds is 5. The standard InChI is InChI=1S/C12H8Cl2FN3OS2/c1-2-3-20-12-18-17-11(21-12)16-10(19)6-4-9(15)8(14)5-7(6)13/h2,4-5H,1,3H2,(H,16,17,19). The summed E-state index contributed by atoms with van der Waals surface area (Å²) < 4.78 is 14.1. The van der Waals surface area contributed by atoms with Crippen molar-refractivity contribution in [2.45, 2.75) is 4.34 Å². The zero-order valence-corrected chi connectivity index (χ0v) is 13.5. The molecule has 2 aromatic rings. The van der Waals surface area contributed by atoms with E-state index in [1.54, 1.807) is 6.08 Å². The normalized spacial score (nSPS) is 10.4. The van der Waals surface area contributed by atoms with Crippen LogP contribution in [-0.2, 0) is 0 Å². The van der Waals surface area contributed by atoms with Crippen molar-refractivity contribution in [2.24, 2.45) is 0 Å². The predicted molar refractivity (Wildman–Crippen MR) is 85.2 cm³/mol. The molecule has 1 aromatic heterocycles. The van der Waals surface area contributed by atoms with Gasteiger partial charge in [-0.1, -0.05) is 52.4 Å². The van der Waals surface area contributed by atoms with Crippen molar-refractivity contribution in [3.05, 3.63) is 46.2 Å². The van der Waals surface area contributed by atoms with Gasteiger partial charge in [-0.15, -0.1) is 16.8 Å². The molecule has 1 heterocycles. The Bertz CT molecular complexity index is 693. The topological polar surface area (TPSA) is 54.9 Å². The molecule has 0 saturated carbocycles. The first-order valence-corrected chi connectivity index (χ1v) is 8.10. The number of nitrogens with zero attached hydrogens (tertiary/aromatic N) is 2. The molecule has 0 spiro atoms. The fourth-order valence-electron chi connectivity index (χ4n) is 1.31. The van der Waals surface area contributed by atoms with Gasteiger partial charge in [0.25, 0.3) is 5.91 Å². The Morgan fingerprint density at radius 1 is 1.43 bits per heavy atom. The number of anilines is 1. The minimum atomic E-state index is -0.717. The fourth-order valence-corrected chi connectivity index (χ4v) is 3.29. The van der Waals surface area contributed by atoms with Gasteiger partial charge in [0.2, 0.25) is 5.13 Å². The van der Waals surface area contributed by atoms with Crippen molar-refractivity contribution in [2.75, 3.05) is 11.1 Å². The molecular formula is C12H8Cl2FN3OS2. The van der Waals surface area contributed by atoms with Crippen molar-refractivity contribution < 1.29 is 9.18 Å². The van der Waals surface area contributed by atoms with E-state index in [1.807, 2.05) is 0 Å². The van der Waals surface area contributed by atoms with Crippen molar-refractivity contribution in [1.29, 1.82) is 0 Å². The second-order valence-electron chi connectivity index (χ2n) is 3.67. The molecule has 1 aromatic carbocycles. The highest BCUT2D eigenvalue weighted by molar-refractivity contribution is 8.01. The minimum absolute atomic E-state index is 0.0194. The molecule has 4 nitrogen and oxygen atoms in total. The average Bonchev–Trinajstić information content (AvgIpc) is 2.88. The number of aromatic nitrogens is 2. The lowest BCUT2D eigenvalue weighted by Crippen LogP contribution is -2.12. The van der Waals surface area contributed by atoms with Gasteiger partial charge in [-0.2, -0.15) is 0 Å². The maximum absolute atomic E-state index is 13.4. The Balaban J connectivity index is 2.12. The van der Waals surface area contributed by atoms with Crippen LogP contribution in [-0.4, -0.2) is 21.9 Å². The lowest BCUT2D eigenvalue weighted by Gasteiger charge is -2.04. The second-order valence-corrected chi connectivity index (χ2v) is 6.73. The lowest BCUT2D eigenvalue weighted by atomic mass is 10.2. The highest BCUT2D eigenvalue weighted by atomic mass is 35.5. The molecule has 0 bridgehead atoms. The van der Waals surface area contributed by atoms with Crippen LogP contribution in [0.1, 0.15) is 10.4 Å². The highest BCUT2D eigenvalue weighted by Gasteiger charge is 2.16. The molecule has 0 saturated heterocycles. The average molecular weight is 364 g/mol. The molecule has 110 valence electrons. The third-order valence-electron chi connectivity index (χ3n) is 2.21. The monoisotopic (exact) mass is 363 g/mol. The Kier molecular flexibility index (Phi) is 5.58. The van der Waals surface area contributed by atoms with Crippen LogP contribution in [0.5, 0.6) is 0 Å². The van der Waals surface area contributed by atoms with Gasteiger partial charge in [-0.25, -0.2) is 4.39 Å². The van der Waals surface area contributed by atoms with Crippen LogP contribution < -0.4 is 5.32 Å². The molecule has 21 heavy (non-hydrogen) atoms. The number of halogens is 3. The molecule has 0 aliphatic rings. The van der Waals surface area contributed by atoms with Gasteiger partial charge in [0.15, 0.2) is 4.34 Å². The van der Waals surface area contributed by atoms with Crippen LogP contribution >= 0.6 is 46.3 Å². The lowest BCUT2D eigenvalue weighted by molar-refractivity contribution is 0.102. The maximum atomic E-state index is 13.4. The summed E-state index contributed by atoms with van der Waals surface area (Å²) in [6.45, 7) is 3.60. The smallest absolute Gasteiger partial charge is 0.259 e. The summed E-state index contributed by atoms with van der Waals surface area (Å²) in [5, 5.41) is 10.5. The second kappa shape index (κ2) is 7.22. The molecule has 0 radical (unpaired) electrons. The van der Waals surface area contributed by atoms with Gasteiger partial charge in [-0.3, -0.25) is 10.1 Å². The van der Waals surface area contributed by atoms with E-state index < -0.39 is 11.7 Å². The van der Waals surface area contributed by atoms with Crippen molar-refractivity contribution in [3.63, 3.8) is 0 Å². The van der Waals surface area contributed by atoms with Gasteiger partial charge in [0.05, 0.1) is 15.6 Å². The van der Waals surface area contributed by atoms with E-state index in [0.717, 1.165) is 6.07 Å². The summed E-state index contributed by atoms with van der Waals surface area (Å²) in [4.78, 5) is 12.0. The Labute approximate surface area is 138 Å². The summed E-state index contributed by atoms with van der Waals surface area (Å²) in [6.07, 6.45) is 1.74. The van der Waals surface area contributed by atoms with E-state index >= 15 is 0 Å². The zero-order valence-electron chi connectivity index (χ0n) is 10.4. The Morgan fingerprint density at radius 2 is 2.19 bits per heavy atom. The van der Waals surface area contributed by atoms with Gasteiger partial charge < -0.3 is 0 Å². The number of thioether (sulfide) groups is 1. The summed E-state index contributed by atoms with van der Waals surface area (Å²) in [6, 6.07) is 2.16. The number of benzene rings is 1. The fraction of sp³-hybridized carbons (Fsp3) is 0.0833. The van der Waals surface area contributed by atoms with Crippen LogP contribution in [0.2, 0.25) is 10.0 Å². The minimum Gasteiger partial charge on any atom is -0.296 e. The van der Waals surface area contributed by atoms with Gasteiger partial charge in [0, 0.05) is 5.75 Å². The Hall–Kier alpha value is -1.15. The zero-order chi connectivity index (χ0) is 15.4. The van der Waals surface area contributed by atoms with Crippen molar-refractivity contribution in [1.82, 2.24) is 10.2 Å².